The third-order valence-corrected chi connectivity index (χ3v) is 1.71. The van der Waals surface area contributed by atoms with Crippen molar-refractivity contribution in [3.05, 3.63) is 6.20 Å². The van der Waals surface area contributed by atoms with Crippen molar-refractivity contribution in [3.63, 3.8) is 0 Å². The van der Waals surface area contributed by atoms with Gasteiger partial charge >= 0.3 is 0 Å². The van der Waals surface area contributed by atoms with Gasteiger partial charge in [-0.3, -0.25) is 0 Å². The van der Waals surface area contributed by atoms with Gasteiger partial charge in [-0.2, -0.15) is 0 Å². The third-order valence-electron chi connectivity index (χ3n) is 1.71. The van der Waals surface area contributed by atoms with E-state index in [1.54, 1.807) is 24.7 Å². The van der Waals surface area contributed by atoms with Crippen LogP contribution in [-0.4, -0.2) is 39.3 Å². The maximum absolute atomic E-state index is 9.59. The van der Waals surface area contributed by atoms with Crippen LogP contribution < -0.4 is 4.90 Å². The zero-order valence-electron chi connectivity index (χ0n) is 8.52. The molecule has 1 aromatic rings. The number of anilines is 1. The molecular weight excluding hydrogens is 168 g/mol. The number of aryl methyl sites for hydroxylation is 1. The van der Waals surface area contributed by atoms with Gasteiger partial charge in [0.1, 0.15) is 5.82 Å². The molecule has 1 aromatic heterocycles. The van der Waals surface area contributed by atoms with Crippen LogP contribution in [0.25, 0.3) is 0 Å². The van der Waals surface area contributed by atoms with Crippen LogP contribution in [0.4, 0.5) is 5.82 Å². The van der Waals surface area contributed by atoms with Gasteiger partial charge in [0.15, 0.2) is 0 Å². The lowest BCUT2D eigenvalue weighted by Crippen LogP contribution is -2.37. The van der Waals surface area contributed by atoms with Crippen molar-refractivity contribution in [1.29, 1.82) is 0 Å². The highest BCUT2D eigenvalue weighted by atomic mass is 16.3. The summed E-state index contributed by atoms with van der Waals surface area (Å²) in [5.74, 6) is 0.891. The van der Waals surface area contributed by atoms with Crippen LogP contribution in [0.1, 0.15) is 13.8 Å². The Morgan fingerprint density at radius 1 is 1.62 bits per heavy atom. The van der Waals surface area contributed by atoms with E-state index in [0.29, 0.717) is 6.54 Å². The van der Waals surface area contributed by atoms with E-state index in [9.17, 15) is 5.11 Å². The van der Waals surface area contributed by atoms with Crippen LogP contribution >= 0.6 is 0 Å². The first-order valence-corrected chi connectivity index (χ1v) is 4.18. The minimum atomic E-state index is -0.709. The van der Waals surface area contributed by atoms with Crippen molar-refractivity contribution in [2.24, 2.45) is 7.05 Å². The van der Waals surface area contributed by atoms with E-state index in [-0.39, 0.29) is 0 Å². The summed E-state index contributed by atoms with van der Waals surface area (Å²) in [5.41, 5.74) is -0.709. The van der Waals surface area contributed by atoms with Gasteiger partial charge in [0.25, 0.3) is 0 Å². The first-order valence-electron chi connectivity index (χ1n) is 4.18. The number of aromatic nitrogens is 3. The van der Waals surface area contributed by atoms with Crippen LogP contribution in [-0.2, 0) is 7.05 Å². The summed E-state index contributed by atoms with van der Waals surface area (Å²) >= 11 is 0. The number of likely N-dealkylation sites (N-methyl/N-ethyl adjacent to an activating group) is 1. The molecule has 1 N–H and O–H groups in total. The second kappa shape index (κ2) is 3.33. The molecule has 0 amide bonds. The third kappa shape index (κ3) is 2.69. The van der Waals surface area contributed by atoms with Crippen molar-refractivity contribution in [3.8, 4) is 0 Å². The highest BCUT2D eigenvalue weighted by Gasteiger charge is 2.17. The van der Waals surface area contributed by atoms with E-state index in [4.69, 9.17) is 0 Å². The van der Waals surface area contributed by atoms with Crippen LogP contribution in [0.3, 0.4) is 0 Å². The molecule has 13 heavy (non-hydrogen) atoms. The predicted molar refractivity (Wildman–Crippen MR) is 50.6 cm³/mol. The zero-order valence-corrected chi connectivity index (χ0v) is 8.52. The van der Waals surface area contributed by atoms with Gasteiger partial charge in [-0.1, -0.05) is 5.21 Å². The van der Waals surface area contributed by atoms with Gasteiger partial charge in [0.2, 0.25) is 0 Å². The topological polar surface area (TPSA) is 54.2 Å². The Balaban J connectivity index is 2.69. The largest absolute Gasteiger partial charge is 0.389 e. The predicted octanol–water partition coefficient (Wildman–Crippen LogP) is 0.0222. The summed E-state index contributed by atoms with van der Waals surface area (Å²) in [5, 5.41) is 17.2. The molecule has 1 heterocycles. The lowest BCUT2D eigenvalue weighted by atomic mass is 10.1. The van der Waals surface area contributed by atoms with Crippen LogP contribution in [0.15, 0.2) is 6.20 Å². The summed E-state index contributed by atoms with van der Waals surface area (Å²) in [6.45, 7) is 4.09. The van der Waals surface area contributed by atoms with E-state index in [2.05, 4.69) is 10.3 Å². The highest BCUT2D eigenvalue weighted by molar-refractivity contribution is 5.34. The summed E-state index contributed by atoms with van der Waals surface area (Å²) in [6, 6.07) is 0. The molecule has 5 nitrogen and oxygen atoms in total. The number of nitrogens with zero attached hydrogens (tertiary/aromatic N) is 4. The fourth-order valence-corrected chi connectivity index (χ4v) is 1.29. The molecule has 0 saturated heterocycles. The van der Waals surface area contributed by atoms with Crippen LogP contribution in [0.2, 0.25) is 0 Å². The average Bonchev–Trinajstić information content (AvgIpc) is 2.30. The molecule has 1 rings (SSSR count). The molecule has 0 atom stereocenters. The van der Waals surface area contributed by atoms with Crippen molar-refractivity contribution in [2.75, 3.05) is 18.5 Å². The van der Waals surface area contributed by atoms with Crippen molar-refractivity contribution >= 4 is 5.82 Å². The molecular formula is C8H16N4O. The molecule has 0 aliphatic carbocycles. The number of hydrogen-bond acceptors (Lipinski definition) is 4. The molecule has 74 valence electrons. The minimum Gasteiger partial charge on any atom is -0.389 e. The molecule has 0 saturated carbocycles. The van der Waals surface area contributed by atoms with Gasteiger partial charge in [-0.25, -0.2) is 4.68 Å². The van der Waals surface area contributed by atoms with Crippen molar-refractivity contribution in [2.45, 2.75) is 19.4 Å². The second-order valence-electron chi connectivity index (χ2n) is 3.88. The Hall–Kier alpha value is -1.10. The number of aliphatic hydroxyl groups is 1. The molecule has 0 spiro atoms. The van der Waals surface area contributed by atoms with E-state index >= 15 is 0 Å². The van der Waals surface area contributed by atoms with E-state index in [0.717, 1.165) is 5.82 Å². The summed E-state index contributed by atoms with van der Waals surface area (Å²) in [4.78, 5) is 1.92. The number of hydrogen-bond donors (Lipinski definition) is 1. The smallest absolute Gasteiger partial charge is 0.146 e. The Kier molecular flexibility index (Phi) is 2.56. The second-order valence-corrected chi connectivity index (χ2v) is 3.88. The molecule has 0 aromatic carbocycles. The Morgan fingerprint density at radius 3 is 2.62 bits per heavy atom. The molecule has 0 fully saturated rings. The average molecular weight is 184 g/mol. The molecule has 0 unspecified atom stereocenters. The fraction of sp³-hybridized carbons (Fsp3) is 0.750. The lowest BCUT2D eigenvalue weighted by molar-refractivity contribution is 0.0883. The van der Waals surface area contributed by atoms with Gasteiger partial charge < -0.3 is 10.0 Å². The van der Waals surface area contributed by atoms with Gasteiger partial charge in [0.05, 0.1) is 11.8 Å². The summed E-state index contributed by atoms with van der Waals surface area (Å²) in [6.07, 6.45) is 1.67. The fourth-order valence-electron chi connectivity index (χ4n) is 1.29. The minimum absolute atomic E-state index is 0.550. The maximum Gasteiger partial charge on any atom is 0.146 e. The quantitative estimate of drug-likeness (QED) is 0.719. The van der Waals surface area contributed by atoms with E-state index in [1.807, 2.05) is 19.0 Å². The molecule has 5 heteroatoms. The van der Waals surface area contributed by atoms with Gasteiger partial charge in [0, 0.05) is 20.6 Å². The summed E-state index contributed by atoms with van der Waals surface area (Å²) < 4.78 is 1.67. The zero-order chi connectivity index (χ0) is 10.1. The SMILES string of the molecule is CN(CC(C)(C)O)c1cnnn1C. The molecule has 0 aliphatic rings. The van der Waals surface area contributed by atoms with Crippen molar-refractivity contribution < 1.29 is 5.11 Å². The summed E-state index contributed by atoms with van der Waals surface area (Å²) in [7, 11) is 3.72. The van der Waals surface area contributed by atoms with E-state index < -0.39 is 5.60 Å². The Labute approximate surface area is 78.0 Å². The lowest BCUT2D eigenvalue weighted by Gasteiger charge is -2.26. The Morgan fingerprint density at radius 2 is 2.23 bits per heavy atom. The molecule has 0 aliphatic heterocycles. The van der Waals surface area contributed by atoms with Gasteiger partial charge in [-0.15, -0.1) is 5.10 Å². The first kappa shape index (κ1) is 9.98. The van der Waals surface area contributed by atoms with Crippen LogP contribution in [0.5, 0.6) is 0 Å². The first-order chi connectivity index (χ1) is 5.90. The standard InChI is InChI=1S/C8H16N4O/c1-8(2,13)6-11(3)7-5-9-10-12(7)4/h5,13H,6H2,1-4H3. The normalized spacial score (nSPS) is 11.8. The van der Waals surface area contributed by atoms with E-state index in [1.165, 1.54) is 0 Å². The monoisotopic (exact) mass is 184 g/mol. The number of rotatable bonds is 3. The van der Waals surface area contributed by atoms with Crippen molar-refractivity contribution in [1.82, 2.24) is 15.0 Å². The highest BCUT2D eigenvalue weighted by Crippen LogP contribution is 2.12. The van der Waals surface area contributed by atoms with Gasteiger partial charge in [-0.05, 0) is 13.8 Å². The molecule has 0 radical (unpaired) electrons. The Bertz CT molecular complexity index is 276. The molecule has 0 bridgehead atoms. The van der Waals surface area contributed by atoms with Crippen LogP contribution in [0, 0.1) is 0 Å². The maximum atomic E-state index is 9.59.